The van der Waals surface area contributed by atoms with Crippen LogP contribution in [0.2, 0.25) is 0 Å². The summed E-state index contributed by atoms with van der Waals surface area (Å²) in [5.74, 6) is 0.999. The van der Waals surface area contributed by atoms with Gasteiger partial charge < -0.3 is 20.1 Å². The SMILES string of the molecule is COc1ccc(/C=C/C(=O)NCc2ccc(NC(=O)C(C)C)cc2)c(OC)c1. The van der Waals surface area contributed by atoms with Crippen molar-refractivity contribution in [3.05, 3.63) is 59.7 Å². The molecule has 0 bridgehead atoms. The molecule has 28 heavy (non-hydrogen) atoms. The van der Waals surface area contributed by atoms with Crippen LogP contribution >= 0.6 is 0 Å². The van der Waals surface area contributed by atoms with E-state index in [2.05, 4.69) is 10.6 Å². The number of benzene rings is 2. The number of rotatable bonds is 8. The number of carbonyl (C=O) groups is 2. The van der Waals surface area contributed by atoms with Crippen LogP contribution in [-0.2, 0) is 16.1 Å². The molecule has 0 aromatic heterocycles. The fourth-order valence-electron chi connectivity index (χ4n) is 2.36. The second-order valence-electron chi connectivity index (χ2n) is 6.50. The minimum Gasteiger partial charge on any atom is -0.497 e. The van der Waals surface area contributed by atoms with Crippen molar-refractivity contribution >= 4 is 23.6 Å². The third kappa shape index (κ3) is 6.16. The molecule has 0 aliphatic heterocycles. The number of hydrogen-bond acceptors (Lipinski definition) is 4. The minimum absolute atomic E-state index is 0.0276. The van der Waals surface area contributed by atoms with Gasteiger partial charge in [-0.15, -0.1) is 0 Å². The van der Waals surface area contributed by atoms with Crippen molar-refractivity contribution in [2.75, 3.05) is 19.5 Å². The van der Waals surface area contributed by atoms with Crippen LogP contribution in [-0.4, -0.2) is 26.0 Å². The lowest BCUT2D eigenvalue weighted by atomic mass is 10.1. The molecule has 0 spiro atoms. The van der Waals surface area contributed by atoms with E-state index in [0.29, 0.717) is 18.0 Å². The number of ether oxygens (including phenoxy) is 2. The molecule has 0 aliphatic carbocycles. The van der Waals surface area contributed by atoms with Gasteiger partial charge in [-0.05, 0) is 35.9 Å². The van der Waals surface area contributed by atoms with E-state index in [1.807, 2.05) is 44.2 Å². The molecule has 148 valence electrons. The summed E-state index contributed by atoms with van der Waals surface area (Å²) in [6.07, 6.45) is 3.15. The smallest absolute Gasteiger partial charge is 0.244 e. The van der Waals surface area contributed by atoms with Crippen molar-refractivity contribution in [2.24, 2.45) is 5.92 Å². The summed E-state index contributed by atoms with van der Waals surface area (Å²) in [5.41, 5.74) is 2.45. The Morgan fingerprint density at radius 1 is 1.04 bits per heavy atom. The maximum absolute atomic E-state index is 12.1. The highest BCUT2D eigenvalue weighted by Gasteiger charge is 2.07. The summed E-state index contributed by atoms with van der Waals surface area (Å²) in [4.78, 5) is 23.8. The summed E-state index contributed by atoms with van der Waals surface area (Å²) < 4.78 is 10.5. The Morgan fingerprint density at radius 3 is 2.36 bits per heavy atom. The normalized spacial score (nSPS) is 10.8. The number of methoxy groups -OCH3 is 2. The number of amides is 2. The highest BCUT2D eigenvalue weighted by atomic mass is 16.5. The number of carbonyl (C=O) groups excluding carboxylic acids is 2. The van der Waals surface area contributed by atoms with Crippen LogP contribution in [0.3, 0.4) is 0 Å². The zero-order chi connectivity index (χ0) is 20.5. The Morgan fingerprint density at radius 2 is 1.75 bits per heavy atom. The van der Waals surface area contributed by atoms with Gasteiger partial charge in [0.25, 0.3) is 0 Å². The first kappa shape index (κ1) is 21.0. The Balaban J connectivity index is 1.90. The summed E-state index contributed by atoms with van der Waals surface area (Å²) in [5, 5.41) is 5.66. The highest BCUT2D eigenvalue weighted by molar-refractivity contribution is 5.92. The van der Waals surface area contributed by atoms with Crippen LogP contribution in [0.25, 0.3) is 6.08 Å². The van der Waals surface area contributed by atoms with Crippen molar-refractivity contribution in [1.82, 2.24) is 5.32 Å². The standard InChI is InChI=1S/C22H26N2O4/c1-15(2)22(26)24-18-9-5-16(6-10-18)14-23-21(25)12-8-17-7-11-19(27-3)13-20(17)28-4/h5-13,15H,14H2,1-4H3,(H,23,25)(H,24,26)/b12-8+. The van der Waals surface area contributed by atoms with E-state index < -0.39 is 0 Å². The van der Waals surface area contributed by atoms with Gasteiger partial charge in [0.1, 0.15) is 11.5 Å². The van der Waals surface area contributed by atoms with E-state index in [9.17, 15) is 9.59 Å². The first-order chi connectivity index (χ1) is 13.4. The second-order valence-corrected chi connectivity index (χ2v) is 6.50. The fourth-order valence-corrected chi connectivity index (χ4v) is 2.36. The topological polar surface area (TPSA) is 76.7 Å². The number of anilines is 1. The van der Waals surface area contributed by atoms with Crippen molar-refractivity contribution in [1.29, 1.82) is 0 Å². The van der Waals surface area contributed by atoms with E-state index in [1.54, 1.807) is 32.4 Å². The Bertz CT molecular complexity index is 842. The van der Waals surface area contributed by atoms with E-state index in [-0.39, 0.29) is 17.7 Å². The summed E-state index contributed by atoms with van der Waals surface area (Å²) in [7, 11) is 3.15. The first-order valence-corrected chi connectivity index (χ1v) is 9.00. The molecule has 0 heterocycles. The van der Waals surface area contributed by atoms with Gasteiger partial charge in [0.2, 0.25) is 11.8 Å². The maximum Gasteiger partial charge on any atom is 0.244 e. The van der Waals surface area contributed by atoms with Crippen molar-refractivity contribution in [3.8, 4) is 11.5 Å². The number of nitrogens with one attached hydrogen (secondary N) is 2. The predicted molar refractivity (Wildman–Crippen MR) is 110 cm³/mol. The van der Waals surface area contributed by atoms with Gasteiger partial charge in [0.15, 0.2) is 0 Å². The largest absolute Gasteiger partial charge is 0.497 e. The molecule has 0 aliphatic rings. The quantitative estimate of drug-likeness (QED) is 0.684. The predicted octanol–water partition coefficient (Wildman–Crippen LogP) is 3.63. The lowest BCUT2D eigenvalue weighted by molar-refractivity contribution is -0.119. The Kier molecular flexibility index (Phi) is 7.63. The molecule has 2 N–H and O–H groups in total. The van der Waals surface area contributed by atoms with Gasteiger partial charge in [-0.1, -0.05) is 26.0 Å². The summed E-state index contributed by atoms with van der Waals surface area (Å²) >= 11 is 0. The van der Waals surface area contributed by atoms with E-state index >= 15 is 0 Å². The van der Waals surface area contributed by atoms with Crippen LogP contribution in [0.1, 0.15) is 25.0 Å². The Hall–Kier alpha value is -3.28. The van der Waals surface area contributed by atoms with E-state index in [4.69, 9.17) is 9.47 Å². The molecule has 0 atom stereocenters. The minimum atomic E-state index is -0.213. The van der Waals surface area contributed by atoms with Crippen LogP contribution in [0, 0.1) is 5.92 Å². The van der Waals surface area contributed by atoms with Gasteiger partial charge >= 0.3 is 0 Å². The van der Waals surface area contributed by atoms with Gasteiger partial charge in [-0.3, -0.25) is 9.59 Å². The number of hydrogen-bond donors (Lipinski definition) is 2. The van der Waals surface area contributed by atoms with Crippen LogP contribution in [0.4, 0.5) is 5.69 Å². The average molecular weight is 382 g/mol. The zero-order valence-corrected chi connectivity index (χ0v) is 16.6. The molecule has 6 heteroatoms. The molecule has 2 rings (SSSR count). The molecule has 2 aromatic carbocycles. The summed E-state index contributed by atoms with van der Waals surface area (Å²) in [6.45, 7) is 4.07. The molecule has 0 saturated heterocycles. The third-order valence-electron chi connectivity index (χ3n) is 4.07. The lowest BCUT2D eigenvalue weighted by Gasteiger charge is -2.09. The fraction of sp³-hybridized carbons (Fsp3) is 0.273. The van der Waals surface area contributed by atoms with Gasteiger partial charge in [-0.25, -0.2) is 0 Å². The van der Waals surface area contributed by atoms with Gasteiger partial charge in [0, 0.05) is 35.9 Å². The van der Waals surface area contributed by atoms with Gasteiger partial charge in [-0.2, -0.15) is 0 Å². The third-order valence-corrected chi connectivity index (χ3v) is 4.07. The molecular formula is C22H26N2O4. The molecule has 2 aromatic rings. The zero-order valence-electron chi connectivity index (χ0n) is 16.6. The van der Waals surface area contributed by atoms with Crippen LogP contribution in [0.5, 0.6) is 11.5 Å². The van der Waals surface area contributed by atoms with Crippen molar-refractivity contribution in [3.63, 3.8) is 0 Å². The molecule has 6 nitrogen and oxygen atoms in total. The monoisotopic (exact) mass is 382 g/mol. The lowest BCUT2D eigenvalue weighted by Crippen LogP contribution is -2.20. The van der Waals surface area contributed by atoms with Gasteiger partial charge in [0.05, 0.1) is 14.2 Å². The van der Waals surface area contributed by atoms with E-state index in [1.165, 1.54) is 6.08 Å². The maximum atomic E-state index is 12.1. The molecule has 0 unspecified atom stereocenters. The second kappa shape index (κ2) is 10.2. The molecule has 0 fully saturated rings. The average Bonchev–Trinajstić information content (AvgIpc) is 2.71. The van der Waals surface area contributed by atoms with Crippen molar-refractivity contribution in [2.45, 2.75) is 20.4 Å². The Labute approximate surface area is 165 Å². The van der Waals surface area contributed by atoms with E-state index in [0.717, 1.165) is 16.8 Å². The molecule has 0 saturated carbocycles. The molecule has 0 radical (unpaired) electrons. The highest BCUT2D eigenvalue weighted by Crippen LogP contribution is 2.25. The first-order valence-electron chi connectivity index (χ1n) is 9.00. The van der Waals surface area contributed by atoms with Crippen molar-refractivity contribution < 1.29 is 19.1 Å². The molecule has 2 amide bonds. The van der Waals surface area contributed by atoms with Crippen LogP contribution < -0.4 is 20.1 Å². The summed E-state index contributed by atoms with van der Waals surface area (Å²) in [6, 6.07) is 12.8. The molecular weight excluding hydrogens is 356 g/mol. The van der Waals surface area contributed by atoms with Crippen LogP contribution in [0.15, 0.2) is 48.5 Å².